The van der Waals surface area contributed by atoms with E-state index in [0.717, 1.165) is 16.7 Å². The van der Waals surface area contributed by atoms with Crippen molar-refractivity contribution < 1.29 is 28.4 Å². The van der Waals surface area contributed by atoms with Crippen LogP contribution in [0.1, 0.15) is 23.6 Å². The Hall–Kier alpha value is -2.09. The number of benzene rings is 3. The first-order valence-corrected chi connectivity index (χ1v) is 13.2. The molecule has 0 spiro atoms. The molecule has 0 unspecified atom stereocenters. The Labute approximate surface area is 217 Å². The fourth-order valence-corrected chi connectivity index (χ4v) is 5.44. The summed E-state index contributed by atoms with van der Waals surface area (Å²) in [5, 5.41) is 11.2. The van der Waals surface area contributed by atoms with Crippen LogP contribution >= 0.6 is 8.38 Å². The van der Waals surface area contributed by atoms with E-state index in [4.69, 9.17) is 23.3 Å². The third kappa shape index (κ3) is 8.22. The number of ether oxygens (including phenoxy) is 3. The first kappa shape index (κ1) is 28.5. The van der Waals surface area contributed by atoms with E-state index in [9.17, 15) is 5.11 Å². The summed E-state index contributed by atoms with van der Waals surface area (Å²) < 4.78 is 30.7. The normalized spacial score (nSPS) is 23.7. The summed E-state index contributed by atoms with van der Waals surface area (Å²) in [6, 6.07) is 29.8. The second kappa shape index (κ2) is 15.2. The van der Waals surface area contributed by atoms with Gasteiger partial charge in [-0.1, -0.05) is 91.0 Å². The molecule has 0 amide bonds. The largest absolute Gasteiger partial charge is 0.381 e. The number of hydrogen-bond acceptors (Lipinski definition) is 6. The second-order valence-corrected chi connectivity index (χ2v) is 9.85. The van der Waals surface area contributed by atoms with Gasteiger partial charge in [-0.25, -0.2) is 0 Å². The lowest BCUT2D eigenvalue weighted by atomic mass is 10.1. The van der Waals surface area contributed by atoms with Gasteiger partial charge in [0.2, 0.25) is 8.38 Å². The third-order valence-corrected chi connectivity index (χ3v) is 7.38. The minimum absolute atomic E-state index is 0. The molecule has 8 heteroatoms. The Morgan fingerprint density at radius 1 is 0.722 bits per heavy atom. The number of aliphatic hydroxyl groups is 1. The number of hydrogen-bond donors (Lipinski definition) is 1. The van der Waals surface area contributed by atoms with E-state index in [1.807, 2.05) is 97.9 Å². The van der Waals surface area contributed by atoms with E-state index in [1.165, 1.54) is 0 Å². The summed E-state index contributed by atoms with van der Waals surface area (Å²) in [6.45, 7) is 3.78. The monoisotopic (exact) mass is 507 g/mol. The fraction of sp³-hybridized carbons (Fsp3) is 0.357. The van der Waals surface area contributed by atoms with Crippen molar-refractivity contribution in [2.24, 2.45) is 0 Å². The van der Waals surface area contributed by atoms with E-state index in [1.54, 1.807) is 0 Å². The number of aliphatic hydroxyl groups excluding tert-OH is 1. The third-order valence-electron chi connectivity index (χ3n) is 5.66. The Balaban J connectivity index is 0.00000361. The first-order chi connectivity index (χ1) is 17.2. The predicted octanol–water partition coefficient (Wildman–Crippen LogP) is 5.06. The first-order valence-electron chi connectivity index (χ1n) is 11.9. The molecule has 1 saturated heterocycles. The molecule has 0 aliphatic carbocycles. The second-order valence-electron chi connectivity index (χ2n) is 8.28. The minimum Gasteiger partial charge on any atom is -0.381 e. The van der Waals surface area contributed by atoms with Crippen LogP contribution in [0.5, 0.6) is 0 Å². The van der Waals surface area contributed by atoms with Gasteiger partial charge in [0, 0.05) is 8.41 Å². The van der Waals surface area contributed by atoms with Crippen molar-refractivity contribution >= 4 is 16.8 Å². The number of rotatable bonds is 12. The van der Waals surface area contributed by atoms with Gasteiger partial charge in [-0.2, -0.15) is 0 Å². The fourth-order valence-electron chi connectivity index (χ4n) is 3.90. The maximum atomic E-state index is 11.2. The molecule has 0 bridgehead atoms. The zero-order valence-corrected chi connectivity index (χ0v) is 21.4. The van der Waals surface area contributed by atoms with Crippen LogP contribution in [-0.4, -0.2) is 50.9 Å². The van der Waals surface area contributed by atoms with Crippen LogP contribution in [0.2, 0.25) is 0 Å². The summed E-state index contributed by atoms with van der Waals surface area (Å²) in [7, 11) is -1.58. The highest BCUT2D eigenvalue weighted by atomic mass is 31.2. The van der Waals surface area contributed by atoms with Crippen LogP contribution in [0.4, 0.5) is 0 Å². The molecule has 1 aliphatic heterocycles. The van der Waals surface area contributed by atoms with Crippen molar-refractivity contribution in [3.05, 3.63) is 108 Å². The molecule has 1 heterocycles. The van der Waals surface area contributed by atoms with Crippen LogP contribution in [0, 0.1) is 0 Å². The zero-order chi connectivity index (χ0) is 24.3. The molecular formula is C28H33BO6P. The summed E-state index contributed by atoms with van der Waals surface area (Å²) in [4.78, 5) is 0. The van der Waals surface area contributed by atoms with Crippen LogP contribution < -0.4 is 0 Å². The van der Waals surface area contributed by atoms with Crippen LogP contribution in [0.3, 0.4) is 0 Å². The van der Waals surface area contributed by atoms with Crippen molar-refractivity contribution in [3.63, 3.8) is 0 Å². The smallest absolute Gasteiger partial charge is 0.204 e. The van der Waals surface area contributed by atoms with Crippen molar-refractivity contribution in [2.75, 3.05) is 13.2 Å². The molecule has 3 aromatic carbocycles. The lowest BCUT2D eigenvalue weighted by Crippen LogP contribution is -2.53. The van der Waals surface area contributed by atoms with Gasteiger partial charge in [-0.15, -0.1) is 0 Å². The summed E-state index contributed by atoms with van der Waals surface area (Å²) in [6.07, 6.45) is -1.62. The maximum absolute atomic E-state index is 11.2. The molecule has 0 saturated carbocycles. The lowest BCUT2D eigenvalue weighted by Gasteiger charge is -2.43. The average Bonchev–Trinajstić information content (AvgIpc) is 2.90. The van der Waals surface area contributed by atoms with E-state index in [-0.39, 0.29) is 15.0 Å². The van der Waals surface area contributed by atoms with Gasteiger partial charge in [0.25, 0.3) is 0 Å². The maximum Gasteiger partial charge on any atom is 0.204 e. The van der Waals surface area contributed by atoms with Gasteiger partial charge in [0.05, 0.1) is 33.0 Å². The Kier molecular flexibility index (Phi) is 12.1. The quantitative estimate of drug-likeness (QED) is 0.273. The molecule has 6 nitrogen and oxygen atoms in total. The Morgan fingerprint density at radius 3 is 1.69 bits per heavy atom. The van der Waals surface area contributed by atoms with E-state index < -0.39 is 32.5 Å². The van der Waals surface area contributed by atoms with Gasteiger partial charge >= 0.3 is 0 Å². The van der Waals surface area contributed by atoms with Crippen molar-refractivity contribution in [2.45, 2.75) is 50.9 Å². The summed E-state index contributed by atoms with van der Waals surface area (Å²) in [5.41, 5.74) is 3.13. The van der Waals surface area contributed by atoms with Gasteiger partial charge < -0.3 is 28.4 Å². The van der Waals surface area contributed by atoms with Gasteiger partial charge in [-0.05, 0) is 23.6 Å². The molecule has 189 valence electrons. The Morgan fingerprint density at radius 2 is 1.19 bits per heavy atom. The van der Waals surface area contributed by atoms with Crippen molar-refractivity contribution in [1.29, 1.82) is 0 Å². The highest BCUT2D eigenvalue weighted by Gasteiger charge is 2.48. The zero-order valence-electron chi connectivity index (χ0n) is 20.5. The predicted molar refractivity (Wildman–Crippen MR) is 141 cm³/mol. The highest BCUT2D eigenvalue weighted by Crippen LogP contribution is 2.51. The van der Waals surface area contributed by atoms with E-state index in [0.29, 0.717) is 26.4 Å². The Bertz CT molecular complexity index is 981. The standard InChI is InChI=1S/C28H33O6P.B/c1-2-33-35-28(29)27(32-20-24-16-10-5-11-17-24)26(31-19-23-14-8-4-9-15-23)25(34-35)21-30-18-22-12-6-3-7-13-22;/h3-17,25-29H,2,18-21H2,1H3;/t25-,26-,27+,28-,35-;/m1./s1. The lowest BCUT2D eigenvalue weighted by molar-refractivity contribution is -0.176. The van der Waals surface area contributed by atoms with Crippen LogP contribution in [-0.2, 0) is 43.1 Å². The van der Waals surface area contributed by atoms with Gasteiger partial charge in [0.1, 0.15) is 18.3 Å². The van der Waals surface area contributed by atoms with Crippen molar-refractivity contribution in [1.82, 2.24) is 0 Å². The van der Waals surface area contributed by atoms with Crippen LogP contribution in [0.25, 0.3) is 0 Å². The molecule has 1 N–H and O–H groups in total. The molecule has 0 aromatic heterocycles. The molecule has 1 aliphatic rings. The molecule has 5 atom stereocenters. The highest BCUT2D eigenvalue weighted by molar-refractivity contribution is 7.48. The molecule has 3 radical (unpaired) electrons. The van der Waals surface area contributed by atoms with Gasteiger partial charge in [-0.3, -0.25) is 0 Å². The molecule has 1 fully saturated rings. The van der Waals surface area contributed by atoms with Crippen molar-refractivity contribution in [3.8, 4) is 0 Å². The summed E-state index contributed by atoms with van der Waals surface area (Å²) >= 11 is 0. The summed E-state index contributed by atoms with van der Waals surface area (Å²) in [5.74, 6) is -0.945. The molecule has 36 heavy (non-hydrogen) atoms. The SMILES string of the molecule is CCO[P@]1O[C@H](COCc2ccccc2)[C@@H](OCc2ccccc2)[C@H](OCc2ccccc2)[C@@H]1O.[B]. The minimum atomic E-state index is -1.58. The molecule has 3 aromatic rings. The van der Waals surface area contributed by atoms with Gasteiger partial charge in [0.15, 0.2) is 5.85 Å². The molecular weight excluding hydrogens is 474 g/mol. The van der Waals surface area contributed by atoms with Crippen LogP contribution in [0.15, 0.2) is 91.0 Å². The molecule has 4 rings (SSSR count). The topological polar surface area (TPSA) is 66.4 Å². The average molecular weight is 507 g/mol. The van der Waals surface area contributed by atoms with E-state index in [2.05, 4.69) is 0 Å². The van der Waals surface area contributed by atoms with E-state index >= 15 is 0 Å².